The lowest BCUT2D eigenvalue weighted by Crippen LogP contribution is -2.61. The van der Waals surface area contributed by atoms with Crippen LogP contribution in [-0.4, -0.2) is 45.9 Å². The predicted molar refractivity (Wildman–Crippen MR) is 99.2 cm³/mol. The molecule has 136 valence electrons. The third kappa shape index (κ3) is 3.21. The second-order valence-electron chi connectivity index (χ2n) is 8.05. The lowest BCUT2D eigenvalue weighted by atomic mass is 9.78. The van der Waals surface area contributed by atoms with Gasteiger partial charge in [-0.25, -0.2) is 0 Å². The van der Waals surface area contributed by atoms with Crippen LogP contribution in [0.4, 0.5) is 0 Å². The van der Waals surface area contributed by atoms with Gasteiger partial charge in [-0.3, -0.25) is 14.7 Å². The highest BCUT2D eigenvalue weighted by Crippen LogP contribution is 2.41. The van der Waals surface area contributed by atoms with E-state index >= 15 is 0 Å². The SMILES string of the molecule is O=C(N1CCC[C@@H]1c1ccccn1)C1(N2CCCCC2)CCCCC1. The Morgan fingerprint density at radius 2 is 1.72 bits per heavy atom. The molecule has 0 N–H and O–H groups in total. The van der Waals surface area contributed by atoms with E-state index in [0.717, 1.165) is 51.0 Å². The fourth-order valence-corrected chi connectivity index (χ4v) is 5.28. The van der Waals surface area contributed by atoms with Crippen LogP contribution in [0.5, 0.6) is 0 Å². The molecule has 2 saturated heterocycles. The van der Waals surface area contributed by atoms with Crippen LogP contribution in [0, 0.1) is 0 Å². The highest BCUT2D eigenvalue weighted by molar-refractivity contribution is 5.87. The molecule has 0 radical (unpaired) electrons. The Hall–Kier alpha value is -1.42. The van der Waals surface area contributed by atoms with E-state index in [1.54, 1.807) is 0 Å². The van der Waals surface area contributed by atoms with E-state index < -0.39 is 0 Å². The molecule has 1 aromatic heterocycles. The Labute approximate surface area is 151 Å². The molecule has 4 rings (SSSR count). The number of piperidine rings is 1. The minimum absolute atomic E-state index is 0.178. The molecule has 1 atom stereocenters. The minimum atomic E-state index is -0.226. The normalized spacial score (nSPS) is 27.4. The summed E-state index contributed by atoms with van der Waals surface area (Å²) in [6, 6.07) is 6.27. The van der Waals surface area contributed by atoms with Gasteiger partial charge in [0.25, 0.3) is 0 Å². The third-order valence-electron chi connectivity index (χ3n) is 6.58. The average Bonchev–Trinajstić information content (AvgIpc) is 3.19. The Balaban J connectivity index is 1.61. The zero-order chi connectivity index (χ0) is 17.1. The van der Waals surface area contributed by atoms with Crippen molar-refractivity contribution in [1.29, 1.82) is 0 Å². The fraction of sp³-hybridized carbons (Fsp3) is 0.714. The number of carbonyl (C=O) groups excluding carboxylic acids is 1. The zero-order valence-corrected chi connectivity index (χ0v) is 15.3. The second-order valence-corrected chi connectivity index (χ2v) is 8.05. The molecule has 2 aliphatic heterocycles. The van der Waals surface area contributed by atoms with E-state index in [2.05, 4.69) is 20.9 Å². The van der Waals surface area contributed by atoms with Crippen LogP contribution in [-0.2, 0) is 4.79 Å². The maximum absolute atomic E-state index is 13.9. The number of rotatable bonds is 3. The molecule has 3 aliphatic rings. The largest absolute Gasteiger partial charge is 0.332 e. The maximum atomic E-state index is 13.9. The van der Waals surface area contributed by atoms with Crippen molar-refractivity contribution in [2.45, 2.75) is 75.8 Å². The van der Waals surface area contributed by atoms with Crippen molar-refractivity contribution in [2.24, 2.45) is 0 Å². The summed E-state index contributed by atoms with van der Waals surface area (Å²) >= 11 is 0. The van der Waals surface area contributed by atoms with Crippen molar-refractivity contribution in [3.8, 4) is 0 Å². The summed E-state index contributed by atoms with van der Waals surface area (Å²) in [7, 11) is 0. The first kappa shape index (κ1) is 17.0. The van der Waals surface area contributed by atoms with Crippen LogP contribution in [0.3, 0.4) is 0 Å². The summed E-state index contributed by atoms with van der Waals surface area (Å²) in [4.78, 5) is 23.2. The van der Waals surface area contributed by atoms with Gasteiger partial charge < -0.3 is 4.90 Å². The van der Waals surface area contributed by atoms with Crippen LogP contribution in [0.25, 0.3) is 0 Å². The first-order valence-electron chi connectivity index (χ1n) is 10.3. The monoisotopic (exact) mass is 341 g/mol. The third-order valence-corrected chi connectivity index (χ3v) is 6.58. The topological polar surface area (TPSA) is 36.4 Å². The lowest BCUT2D eigenvalue weighted by molar-refractivity contribution is -0.149. The standard InChI is InChI=1S/C21H31N3O/c25-20(24-17-9-11-19(24)18-10-3-6-14-22-18)21(12-4-1-5-13-21)23-15-7-2-8-16-23/h3,6,10,14,19H,1-2,4-5,7-9,11-13,15-17H2/t19-/m1/s1. The first-order valence-corrected chi connectivity index (χ1v) is 10.3. The molecule has 1 aliphatic carbocycles. The molecule has 0 aromatic carbocycles. The van der Waals surface area contributed by atoms with Crippen molar-refractivity contribution in [3.05, 3.63) is 30.1 Å². The van der Waals surface area contributed by atoms with Gasteiger partial charge in [0.15, 0.2) is 0 Å². The molecular formula is C21H31N3O. The maximum Gasteiger partial charge on any atom is 0.243 e. The van der Waals surface area contributed by atoms with Crippen LogP contribution in [0.1, 0.15) is 75.9 Å². The molecule has 25 heavy (non-hydrogen) atoms. The van der Waals surface area contributed by atoms with Gasteiger partial charge in [-0.05, 0) is 63.7 Å². The number of carbonyl (C=O) groups is 1. The smallest absolute Gasteiger partial charge is 0.243 e. The summed E-state index contributed by atoms with van der Waals surface area (Å²) in [6.45, 7) is 3.11. The van der Waals surface area contributed by atoms with Crippen molar-refractivity contribution in [3.63, 3.8) is 0 Å². The van der Waals surface area contributed by atoms with Crippen molar-refractivity contribution < 1.29 is 4.79 Å². The average molecular weight is 341 g/mol. The van der Waals surface area contributed by atoms with Crippen molar-refractivity contribution >= 4 is 5.91 Å². The van der Waals surface area contributed by atoms with Gasteiger partial charge in [0.2, 0.25) is 5.91 Å². The van der Waals surface area contributed by atoms with Crippen LogP contribution in [0.2, 0.25) is 0 Å². The first-order chi connectivity index (χ1) is 12.3. The van der Waals surface area contributed by atoms with E-state index in [4.69, 9.17) is 0 Å². The molecule has 4 heteroatoms. The van der Waals surface area contributed by atoms with Gasteiger partial charge in [-0.1, -0.05) is 31.7 Å². The van der Waals surface area contributed by atoms with E-state index in [0.29, 0.717) is 5.91 Å². The molecule has 1 aromatic rings. The Kier molecular flexibility index (Phi) is 5.07. The Morgan fingerprint density at radius 3 is 2.44 bits per heavy atom. The van der Waals surface area contributed by atoms with Crippen molar-refractivity contribution in [1.82, 2.24) is 14.8 Å². The molecular weight excluding hydrogens is 310 g/mol. The lowest BCUT2D eigenvalue weighted by Gasteiger charge is -2.49. The molecule has 3 fully saturated rings. The highest BCUT2D eigenvalue weighted by Gasteiger charge is 2.49. The van der Waals surface area contributed by atoms with Crippen LogP contribution >= 0.6 is 0 Å². The van der Waals surface area contributed by atoms with Gasteiger partial charge >= 0.3 is 0 Å². The number of hydrogen-bond donors (Lipinski definition) is 0. The van der Waals surface area contributed by atoms with E-state index in [9.17, 15) is 4.79 Å². The molecule has 0 bridgehead atoms. The summed E-state index contributed by atoms with van der Waals surface area (Å²) in [6.07, 6.45) is 13.6. The van der Waals surface area contributed by atoms with Crippen LogP contribution in [0.15, 0.2) is 24.4 Å². The van der Waals surface area contributed by atoms with Crippen molar-refractivity contribution in [2.75, 3.05) is 19.6 Å². The second kappa shape index (κ2) is 7.45. The molecule has 0 spiro atoms. The molecule has 1 saturated carbocycles. The molecule has 4 nitrogen and oxygen atoms in total. The summed E-state index contributed by atoms with van der Waals surface area (Å²) in [5.41, 5.74) is 0.841. The minimum Gasteiger partial charge on any atom is -0.332 e. The van der Waals surface area contributed by atoms with Gasteiger partial charge in [0.1, 0.15) is 5.54 Å². The molecule has 3 heterocycles. The van der Waals surface area contributed by atoms with Gasteiger partial charge in [-0.15, -0.1) is 0 Å². The van der Waals surface area contributed by atoms with Gasteiger partial charge in [0.05, 0.1) is 11.7 Å². The Bertz CT molecular complexity index is 576. The van der Waals surface area contributed by atoms with Crippen LogP contribution < -0.4 is 0 Å². The Morgan fingerprint density at radius 1 is 0.960 bits per heavy atom. The fourth-order valence-electron chi connectivity index (χ4n) is 5.28. The number of likely N-dealkylation sites (tertiary alicyclic amines) is 2. The van der Waals surface area contributed by atoms with Gasteiger partial charge in [0, 0.05) is 12.7 Å². The number of hydrogen-bond acceptors (Lipinski definition) is 3. The summed E-state index contributed by atoms with van der Waals surface area (Å²) in [5.74, 6) is 0.405. The zero-order valence-electron chi connectivity index (χ0n) is 15.3. The van der Waals surface area contributed by atoms with E-state index in [1.165, 1.54) is 38.5 Å². The summed E-state index contributed by atoms with van der Waals surface area (Å²) < 4.78 is 0. The number of nitrogens with zero attached hydrogens (tertiary/aromatic N) is 3. The number of pyridine rings is 1. The molecule has 1 amide bonds. The van der Waals surface area contributed by atoms with E-state index in [-0.39, 0.29) is 11.6 Å². The quantitative estimate of drug-likeness (QED) is 0.836. The molecule has 0 unspecified atom stereocenters. The highest BCUT2D eigenvalue weighted by atomic mass is 16.2. The summed E-state index contributed by atoms with van der Waals surface area (Å²) in [5, 5.41) is 0. The predicted octanol–water partition coefficient (Wildman–Crippen LogP) is 3.93. The van der Waals surface area contributed by atoms with Gasteiger partial charge in [-0.2, -0.15) is 0 Å². The van der Waals surface area contributed by atoms with E-state index in [1.807, 2.05) is 18.3 Å². The number of amides is 1. The number of aromatic nitrogens is 1.